The van der Waals surface area contributed by atoms with Crippen LogP contribution in [0.5, 0.6) is 11.6 Å². The summed E-state index contributed by atoms with van der Waals surface area (Å²) in [5.41, 5.74) is 2.09. The van der Waals surface area contributed by atoms with Crippen LogP contribution in [0.25, 0.3) is 21.7 Å². The molecule has 0 aliphatic heterocycles. The second-order valence-electron chi connectivity index (χ2n) is 7.73. The van der Waals surface area contributed by atoms with Gasteiger partial charge in [0, 0.05) is 5.39 Å². The van der Waals surface area contributed by atoms with Crippen molar-refractivity contribution in [2.75, 3.05) is 6.61 Å². The summed E-state index contributed by atoms with van der Waals surface area (Å²) in [6.07, 6.45) is 0. The highest BCUT2D eigenvalue weighted by Crippen LogP contribution is 2.39. The van der Waals surface area contributed by atoms with E-state index < -0.39 is 5.91 Å². The van der Waals surface area contributed by atoms with Gasteiger partial charge in [0.05, 0.1) is 17.1 Å². The molecule has 0 radical (unpaired) electrons. The van der Waals surface area contributed by atoms with Crippen LogP contribution in [0.15, 0.2) is 101 Å². The van der Waals surface area contributed by atoms with Crippen LogP contribution in [0.4, 0.5) is 5.69 Å². The molecule has 5 rings (SSSR count). The summed E-state index contributed by atoms with van der Waals surface area (Å²) >= 11 is 6.05. The van der Waals surface area contributed by atoms with Gasteiger partial charge in [0.25, 0.3) is 0 Å². The molecule has 4 aromatic carbocycles. The largest absolute Gasteiger partial charge is 0.493 e. The van der Waals surface area contributed by atoms with Gasteiger partial charge in [-0.25, -0.2) is 0 Å². The topological polar surface area (TPSA) is 76.2 Å². The normalized spacial score (nSPS) is 11.4. The smallest absolute Gasteiger partial charge is 0.302 e. The molecule has 0 fully saturated rings. The van der Waals surface area contributed by atoms with Gasteiger partial charge in [0.1, 0.15) is 5.75 Å². The van der Waals surface area contributed by atoms with E-state index in [-0.39, 0.29) is 18.2 Å². The standard InChI is InChI=1S/C27H20ClN3O3/c28-22-13-4-6-15-24(22)34-17-25(32)29-30-26-21-12-3-5-14-23(21)31(27(26)33)16-19-10-7-9-18-8-1-2-11-20(18)19/h1-15,33H,16-17H2. The van der Waals surface area contributed by atoms with Crippen LogP contribution in [0.3, 0.4) is 0 Å². The number of amides is 1. The number of carbonyl (C=O) groups is 1. The molecular formula is C27H20ClN3O3. The first-order valence-corrected chi connectivity index (χ1v) is 11.1. The number of halogens is 1. The van der Waals surface area contributed by atoms with Crippen molar-refractivity contribution in [1.29, 1.82) is 0 Å². The lowest BCUT2D eigenvalue weighted by molar-refractivity contribution is -0.120. The Morgan fingerprint density at radius 3 is 2.44 bits per heavy atom. The Kier molecular flexibility index (Phi) is 5.97. The summed E-state index contributed by atoms with van der Waals surface area (Å²) < 4.78 is 7.20. The van der Waals surface area contributed by atoms with Gasteiger partial charge in [-0.15, -0.1) is 10.2 Å². The quantitative estimate of drug-likeness (QED) is 0.275. The molecule has 168 valence electrons. The Bertz CT molecular complexity index is 1540. The molecule has 34 heavy (non-hydrogen) atoms. The molecule has 6 nitrogen and oxygen atoms in total. The fourth-order valence-electron chi connectivity index (χ4n) is 3.97. The molecule has 0 spiro atoms. The molecule has 0 bridgehead atoms. The molecule has 0 aliphatic carbocycles. The van der Waals surface area contributed by atoms with Gasteiger partial charge in [-0.2, -0.15) is 0 Å². The van der Waals surface area contributed by atoms with Gasteiger partial charge in [0.2, 0.25) is 5.88 Å². The highest BCUT2D eigenvalue weighted by Gasteiger charge is 2.18. The number of carbonyl (C=O) groups excluding carboxylic acids is 1. The van der Waals surface area contributed by atoms with Gasteiger partial charge >= 0.3 is 5.91 Å². The first kappa shape index (κ1) is 21.7. The fraction of sp³-hybridized carbons (Fsp3) is 0.0741. The SMILES string of the molecule is O=C(COc1ccccc1Cl)N=Nc1c(O)n(Cc2cccc3ccccc23)c2ccccc12. The number of aromatic hydroxyl groups is 1. The van der Waals surface area contributed by atoms with Crippen molar-refractivity contribution < 1.29 is 14.6 Å². The molecular weight excluding hydrogens is 450 g/mol. The third-order valence-electron chi connectivity index (χ3n) is 5.58. The molecule has 0 atom stereocenters. The summed E-state index contributed by atoms with van der Waals surface area (Å²) in [7, 11) is 0. The van der Waals surface area contributed by atoms with E-state index in [2.05, 4.69) is 28.4 Å². The van der Waals surface area contributed by atoms with E-state index in [1.807, 2.05) is 48.5 Å². The second kappa shape index (κ2) is 9.37. The maximum atomic E-state index is 12.3. The van der Waals surface area contributed by atoms with E-state index in [1.165, 1.54) is 0 Å². The van der Waals surface area contributed by atoms with Crippen molar-refractivity contribution in [3.8, 4) is 11.6 Å². The zero-order valence-electron chi connectivity index (χ0n) is 18.1. The molecule has 5 aromatic rings. The van der Waals surface area contributed by atoms with Crippen molar-refractivity contribution in [2.24, 2.45) is 10.2 Å². The second-order valence-corrected chi connectivity index (χ2v) is 8.13. The number of benzene rings is 4. The number of aromatic nitrogens is 1. The summed E-state index contributed by atoms with van der Waals surface area (Å²) in [5, 5.41) is 22.2. The Morgan fingerprint density at radius 1 is 0.882 bits per heavy atom. The van der Waals surface area contributed by atoms with E-state index >= 15 is 0 Å². The van der Waals surface area contributed by atoms with Gasteiger partial charge < -0.3 is 14.4 Å². The lowest BCUT2D eigenvalue weighted by Gasteiger charge is -2.10. The Balaban J connectivity index is 1.44. The molecule has 0 saturated carbocycles. The number of para-hydroxylation sites is 2. The third kappa shape index (κ3) is 4.23. The highest BCUT2D eigenvalue weighted by atomic mass is 35.5. The minimum Gasteiger partial charge on any atom is -0.493 e. The highest BCUT2D eigenvalue weighted by molar-refractivity contribution is 6.32. The first-order chi connectivity index (χ1) is 16.6. The Labute approximate surface area is 200 Å². The van der Waals surface area contributed by atoms with Crippen LogP contribution in [0, 0.1) is 0 Å². The monoisotopic (exact) mass is 469 g/mol. The van der Waals surface area contributed by atoms with Crippen LogP contribution >= 0.6 is 11.6 Å². The summed E-state index contributed by atoms with van der Waals surface area (Å²) in [4.78, 5) is 12.3. The molecule has 0 aliphatic rings. The molecule has 1 N–H and O–H groups in total. The third-order valence-corrected chi connectivity index (χ3v) is 5.89. The van der Waals surface area contributed by atoms with E-state index in [0.717, 1.165) is 21.9 Å². The van der Waals surface area contributed by atoms with E-state index in [1.54, 1.807) is 28.8 Å². The average Bonchev–Trinajstić information content (AvgIpc) is 3.13. The van der Waals surface area contributed by atoms with Crippen molar-refractivity contribution in [3.05, 3.63) is 102 Å². The van der Waals surface area contributed by atoms with Crippen LogP contribution in [-0.2, 0) is 11.3 Å². The van der Waals surface area contributed by atoms with E-state index in [9.17, 15) is 9.90 Å². The van der Waals surface area contributed by atoms with Crippen molar-refractivity contribution in [2.45, 2.75) is 6.54 Å². The number of azo groups is 1. The van der Waals surface area contributed by atoms with E-state index in [4.69, 9.17) is 16.3 Å². The van der Waals surface area contributed by atoms with Crippen molar-refractivity contribution >= 4 is 44.9 Å². The maximum Gasteiger partial charge on any atom is 0.302 e. The van der Waals surface area contributed by atoms with Crippen molar-refractivity contribution in [3.63, 3.8) is 0 Å². The van der Waals surface area contributed by atoms with Gasteiger partial charge in [-0.05, 0) is 34.5 Å². The zero-order valence-corrected chi connectivity index (χ0v) is 18.8. The van der Waals surface area contributed by atoms with Crippen LogP contribution in [-0.4, -0.2) is 22.2 Å². The number of fused-ring (bicyclic) bond motifs is 2. The van der Waals surface area contributed by atoms with Crippen LogP contribution < -0.4 is 4.74 Å². The average molecular weight is 470 g/mol. The molecule has 1 heterocycles. The number of hydrogen-bond donors (Lipinski definition) is 1. The summed E-state index contributed by atoms with van der Waals surface area (Å²) in [5.74, 6) is -0.259. The zero-order chi connectivity index (χ0) is 23.5. The van der Waals surface area contributed by atoms with E-state index in [0.29, 0.717) is 22.7 Å². The predicted molar refractivity (Wildman–Crippen MR) is 133 cm³/mol. The molecule has 0 saturated heterocycles. The fourth-order valence-corrected chi connectivity index (χ4v) is 4.16. The number of hydrogen-bond acceptors (Lipinski definition) is 4. The molecule has 7 heteroatoms. The Hall–Kier alpha value is -4.16. The molecule has 0 unspecified atom stereocenters. The Morgan fingerprint density at radius 2 is 1.59 bits per heavy atom. The minimum absolute atomic E-state index is 0.0577. The van der Waals surface area contributed by atoms with Crippen LogP contribution in [0.2, 0.25) is 5.02 Å². The van der Waals surface area contributed by atoms with Crippen molar-refractivity contribution in [1.82, 2.24) is 4.57 Å². The number of rotatable bonds is 6. The minimum atomic E-state index is -0.592. The van der Waals surface area contributed by atoms with Gasteiger partial charge in [-0.1, -0.05) is 84.4 Å². The van der Waals surface area contributed by atoms with Gasteiger partial charge in [0.15, 0.2) is 12.3 Å². The predicted octanol–water partition coefficient (Wildman–Crippen LogP) is 6.89. The molecule has 1 aromatic heterocycles. The summed E-state index contributed by atoms with van der Waals surface area (Å²) in [6, 6.07) is 28.6. The molecule has 1 amide bonds. The van der Waals surface area contributed by atoms with Gasteiger partial charge in [-0.3, -0.25) is 4.79 Å². The number of ether oxygens (including phenoxy) is 1. The lowest BCUT2D eigenvalue weighted by atomic mass is 10.0. The van der Waals surface area contributed by atoms with Crippen LogP contribution in [0.1, 0.15) is 5.56 Å². The maximum absolute atomic E-state index is 12.3. The number of nitrogens with zero attached hydrogens (tertiary/aromatic N) is 3. The summed E-state index contributed by atoms with van der Waals surface area (Å²) in [6.45, 7) is 0.120. The first-order valence-electron chi connectivity index (χ1n) is 10.7. The lowest BCUT2D eigenvalue weighted by Crippen LogP contribution is -2.08.